The summed E-state index contributed by atoms with van der Waals surface area (Å²) in [5.41, 5.74) is 11.1. The molecule has 0 saturated carbocycles. The number of carbonyl (C=O) groups is 1. The first-order valence-electron chi connectivity index (χ1n) is 10.6. The molecule has 166 valence electrons. The molecule has 2 aromatic carbocycles. The van der Waals surface area contributed by atoms with Gasteiger partial charge < -0.3 is 15.2 Å². The number of hydrazone groups is 1. The maximum atomic E-state index is 12.5. The van der Waals surface area contributed by atoms with E-state index in [9.17, 15) is 4.79 Å². The molecule has 1 fully saturated rings. The van der Waals surface area contributed by atoms with Gasteiger partial charge in [-0.15, -0.1) is 0 Å². The smallest absolute Gasteiger partial charge is 0.234 e. The summed E-state index contributed by atoms with van der Waals surface area (Å²) in [5.74, 6) is 0.258. The van der Waals surface area contributed by atoms with Gasteiger partial charge in [-0.1, -0.05) is 47.6 Å². The zero-order chi connectivity index (χ0) is 22.2. The molecule has 5 rings (SSSR count). The Kier molecular flexibility index (Phi) is 5.75. The highest BCUT2D eigenvalue weighted by atomic mass is 35.5. The minimum absolute atomic E-state index is 0.0226. The number of thioether (sulfide) groups is 1. The third kappa shape index (κ3) is 4.05. The Morgan fingerprint density at radius 3 is 2.84 bits per heavy atom. The van der Waals surface area contributed by atoms with Gasteiger partial charge in [-0.05, 0) is 55.2 Å². The molecule has 1 saturated heterocycles. The van der Waals surface area contributed by atoms with Crippen LogP contribution >= 0.6 is 23.4 Å². The summed E-state index contributed by atoms with van der Waals surface area (Å²) >= 11 is 7.47. The molecule has 0 radical (unpaired) electrons. The van der Waals surface area contributed by atoms with Gasteiger partial charge in [-0.2, -0.15) is 5.10 Å². The highest BCUT2D eigenvalue weighted by molar-refractivity contribution is 8.14. The maximum Gasteiger partial charge on any atom is 0.234 e. The van der Waals surface area contributed by atoms with Gasteiger partial charge in [0.2, 0.25) is 5.91 Å². The van der Waals surface area contributed by atoms with Gasteiger partial charge >= 0.3 is 0 Å². The minimum Gasteiger partial charge on any atom is -0.325 e. The van der Waals surface area contributed by atoms with Crippen molar-refractivity contribution >= 4 is 40.1 Å². The molecule has 0 bridgehead atoms. The van der Waals surface area contributed by atoms with Gasteiger partial charge in [0.1, 0.15) is 6.17 Å². The normalized spacial score (nSPS) is 23.5. The molecule has 7 nitrogen and oxygen atoms in total. The number of amides is 1. The first-order chi connectivity index (χ1) is 15.5. The van der Waals surface area contributed by atoms with Crippen molar-refractivity contribution in [1.82, 2.24) is 20.8 Å². The maximum absolute atomic E-state index is 12.5. The molecule has 3 aliphatic rings. The molecule has 0 spiro atoms. The van der Waals surface area contributed by atoms with Crippen LogP contribution < -0.4 is 16.2 Å². The first-order valence-corrected chi connectivity index (χ1v) is 11.9. The lowest BCUT2D eigenvalue weighted by Crippen LogP contribution is -2.54. The van der Waals surface area contributed by atoms with E-state index in [-0.39, 0.29) is 24.2 Å². The molecule has 0 aromatic heterocycles. The van der Waals surface area contributed by atoms with Crippen LogP contribution in [0.2, 0.25) is 5.02 Å². The van der Waals surface area contributed by atoms with E-state index >= 15 is 0 Å². The summed E-state index contributed by atoms with van der Waals surface area (Å²) in [6.07, 6.45) is 5.00. The largest absolute Gasteiger partial charge is 0.325 e. The fourth-order valence-corrected chi connectivity index (χ4v) is 5.16. The van der Waals surface area contributed by atoms with E-state index in [1.165, 1.54) is 17.3 Å². The van der Waals surface area contributed by atoms with Crippen molar-refractivity contribution in [3.63, 3.8) is 0 Å². The van der Waals surface area contributed by atoms with E-state index < -0.39 is 0 Å². The second-order valence-electron chi connectivity index (χ2n) is 8.20. The number of nitrogens with zero attached hydrogens (tertiary/aromatic N) is 3. The molecule has 3 heterocycles. The van der Waals surface area contributed by atoms with Gasteiger partial charge in [-0.3, -0.25) is 10.2 Å². The zero-order valence-corrected chi connectivity index (χ0v) is 19.5. The molecule has 2 aromatic rings. The lowest BCUT2D eigenvalue weighted by Gasteiger charge is -2.36. The zero-order valence-electron chi connectivity index (χ0n) is 17.9. The number of halogens is 1. The van der Waals surface area contributed by atoms with Gasteiger partial charge in [0.05, 0.1) is 17.8 Å². The van der Waals surface area contributed by atoms with Crippen molar-refractivity contribution < 1.29 is 4.79 Å². The third-order valence-corrected chi connectivity index (χ3v) is 7.41. The lowest BCUT2D eigenvalue weighted by atomic mass is 10.00. The topological polar surface area (TPSA) is 72.0 Å². The van der Waals surface area contributed by atoms with Gasteiger partial charge in [0, 0.05) is 23.1 Å². The molecule has 3 aliphatic heterocycles. The second kappa shape index (κ2) is 8.69. The van der Waals surface area contributed by atoms with Crippen LogP contribution in [-0.4, -0.2) is 38.9 Å². The molecule has 3 N–H and O–H groups in total. The van der Waals surface area contributed by atoms with E-state index in [2.05, 4.69) is 43.3 Å². The number of carbonyl (C=O) groups excluding carboxylic acids is 1. The number of hydrazine groups is 1. The van der Waals surface area contributed by atoms with Crippen LogP contribution in [0.1, 0.15) is 29.2 Å². The van der Waals surface area contributed by atoms with Crippen molar-refractivity contribution in [2.45, 2.75) is 38.5 Å². The second-order valence-corrected chi connectivity index (χ2v) is 9.58. The third-order valence-electron chi connectivity index (χ3n) is 6.19. The molecule has 32 heavy (non-hydrogen) atoms. The Morgan fingerprint density at radius 2 is 2.03 bits per heavy atom. The summed E-state index contributed by atoms with van der Waals surface area (Å²) < 4.78 is 0. The van der Waals surface area contributed by atoms with Crippen LogP contribution in [0.25, 0.3) is 0 Å². The molecule has 9 heteroatoms. The van der Waals surface area contributed by atoms with E-state index in [1.54, 1.807) is 0 Å². The molecule has 3 unspecified atom stereocenters. The quantitative estimate of drug-likeness (QED) is 0.631. The fraction of sp³-hybridized carbons (Fsp3) is 0.304. The Labute approximate surface area is 196 Å². The van der Waals surface area contributed by atoms with Crippen molar-refractivity contribution in [3.05, 3.63) is 76.6 Å². The number of benzene rings is 2. The number of hydrogen-bond acceptors (Lipinski definition) is 7. The van der Waals surface area contributed by atoms with Crippen LogP contribution in [0, 0.1) is 13.8 Å². The predicted octanol–water partition coefficient (Wildman–Crippen LogP) is 3.94. The van der Waals surface area contributed by atoms with Crippen molar-refractivity contribution in [2.75, 3.05) is 11.1 Å². The lowest BCUT2D eigenvalue weighted by molar-refractivity contribution is -0.113. The van der Waals surface area contributed by atoms with Crippen LogP contribution in [0.3, 0.4) is 0 Å². The van der Waals surface area contributed by atoms with E-state index in [1.807, 2.05) is 56.6 Å². The summed E-state index contributed by atoms with van der Waals surface area (Å²) in [6.45, 7) is 4.06. The average Bonchev–Trinajstić information content (AvgIpc) is 3.40. The Hall–Kier alpha value is -2.68. The summed E-state index contributed by atoms with van der Waals surface area (Å²) in [7, 11) is 0. The van der Waals surface area contributed by atoms with Crippen LogP contribution in [-0.2, 0) is 4.79 Å². The van der Waals surface area contributed by atoms with Gasteiger partial charge in [0.15, 0.2) is 5.17 Å². The Morgan fingerprint density at radius 1 is 1.22 bits per heavy atom. The molecule has 0 aliphatic carbocycles. The van der Waals surface area contributed by atoms with Crippen molar-refractivity contribution in [1.29, 1.82) is 0 Å². The van der Waals surface area contributed by atoms with Crippen molar-refractivity contribution in [2.24, 2.45) is 5.10 Å². The molecular weight excluding hydrogens is 444 g/mol. The van der Waals surface area contributed by atoms with Crippen LogP contribution in [0.15, 0.2) is 60.0 Å². The van der Waals surface area contributed by atoms with E-state index in [0.717, 1.165) is 33.4 Å². The number of nitrogens with one attached hydrogen (secondary N) is 3. The van der Waals surface area contributed by atoms with E-state index in [4.69, 9.17) is 11.6 Å². The standard InChI is InChI=1S/C23H25ClN6OS/c1-14-4-3-5-18(15(14)2)25-21(31)13-32-23-27-26-22-20-12-19(16-6-8-17(24)9-7-16)28-30(20)11-10-29(22)23/h3-11,19-20,22,26,28H,12-13H2,1-2H3,(H,25,31). The number of rotatable bonds is 4. The number of anilines is 1. The average molecular weight is 469 g/mol. The predicted molar refractivity (Wildman–Crippen MR) is 130 cm³/mol. The summed E-state index contributed by atoms with van der Waals surface area (Å²) in [5, 5.41) is 11.2. The Balaban J connectivity index is 1.19. The van der Waals surface area contributed by atoms with Crippen LogP contribution in [0.5, 0.6) is 0 Å². The van der Waals surface area contributed by atoms with Crippen LogP contribution in [0.4, 0.5) is 5.69 Å². The highest BCUT2D eigenvalue weighted by Gasteiger charge is 2.44. The fourth-order valence-electron chi connectivity index (χ4n) is 4.27. The molecule has 3 atom stereocenters. The SMILES string of the molecule is Cc1cccc(NC(=O)CSC2=NNC3C4CC(c5ccc(Cl)cc5)NN4C=CN23)c1C. The summed E-state index contributed by atoms with van der Waals surface area (Å²) in [4.78, 5) is 14.6. The molecule has 1 amide bonds. The number of amidine groups is 1. The van der Waals surface area contributed by atoms with Crippen molar-refractivity contribution in [3.8, 4) is 0 Å². The number of fused-ring (bicyclic) bond motifs is 3. The van der Waals surface area contributed by atoms with Gasteiger partial charge in [-0.25, -0.2) is 5.43 Å². The molecular formula is C23H25ClN6OS. The minimum atomic E-state index is -0.0391. The highest BCUT2D eigenvalue weighted by Crippen LogP contribution is 2.35. The number of hydrogen-bond donors (Lipinski definition) is 3. The summed E-state index contributed by atoms with van der Waals surface area (Å²) in [6, 6.07) is 14.3. The number of aryl methyl sites for hydroxylation is 1. The Bertz CT molecular complexity index is 1090. The van der Waals surface area contributed by atoms with Gasteiger partial charge in [0.25, 0.3) is 0 Å². The monoisotopic (exact) mass is 468 g/mol. The van der Waals surface area contributed by atoms with E-state index in [0.29, 0.717) is 5.75 Å². The first kappa shape index (κ1) is 21.2.